The second kappa shape index (κ2) is 6.61. The molecule has 0 atom stereocenters. The lowest BCUT2D eigenvalue weighted by Gasteiger charge is -2.08. The Labute approximate surface area is 133 Å². The first-order valence-electron chi connectivity index (χ1n) is 6.67. The van der Waals surface area contributed by atoms with Crippen LogP contribution in [-0.4, -0.2) is 16.5 Å². The lowest BCUT2D eigenvalue weighted by molar-refractivity contribution is -0.385. The van der Waals surface area contributed by atoms with E-state index < -0.39 is 45.9 Å². The maximum absolute atomic E-state index is 12.6. The summed E-state index contributed by atoms with van der Waals surface area (Å²) in [5.41, 5.74) is -2.51. The zero-order valence-electron chi connectivity index (χ0n) is 12.0. The van der Waals surface area contributed by atoms with Crippen LogP contribution in [0.25, 0.3) is 0 Å². The number of carbonyl (C=O) groups is 2. The van der Waals surface area contributed by atoms with Crippen LogP contribution in [0.1, 0.15) is 32.7 Å². The number of carbonyl (C=O) groups excluding carboxylic acids is 2. The van der Waals surface area contributed by atoms with E-state index in [-0.39, 0.29) is 5.56 Å². The molecule has 8 heteroatoms. The molecular weight excluding hydrogens is 327 g/mol. The SMILES string of the molecule is O=C(CC(=O)c1ccc(C(F)(F)F)cc1[N+](=O)[O-])c1ccccc1. The standard InChI is InChI=1S/C16H10F3NO4/c17-16(18,19)11-6-7-12(13(8-11)20(23)24)15(22)9-14(21)10-4-2-1-3-5-10/h1-8H,9H2. The van der Waals surface area contributed by atoms with Crippen molar-refractivity contribution in [1.29, 1.82) is 0 Å². The Morgan fingerprint density at radius 2 is 1.62 bits per heavy atom. The van der Waals surface area contributed by atoms with Crippen LogP contribution in [0.2, 0.25) is 0 Å². The van der Waals surface area contributed by atoms with Crippen LogP contribution in [0, 0.1) is 10.1 Å². The van der Waals surface area contributed by atoms with Gasteiger partial charge in [-0.1, -0.05) is 30.3 Å². The van der Waals surface area contributed by atoms with E-state index in [4.69, 9.17) is 0 Å². The molecule has 2 aromatic rings. The van der Waals surface area contributed by atoms with E-state index in [1.54, 1.807) is 18.2 Å². The lowest BCUT2D eigenvalue weighted by atomic mass is 9.99. The smallest absolute Gasteiger partial charge is 0.294 e. The zero-order valence-corrected chi connectivity index (χ0v) is 12.0. The molecular formula is C16H10F3NO4. The summed E-state index contributed by atoms with van der Waals surface area (Å²) in [6.45, 7) is 0. The molecule has 0 saturated heterocycles. The van der Waals surface area contributed by atoms with Gasteiger partial charge in [-0.25, -0.2) is 0 Å². The molecule has 0 fully saturated rings. The van der Waals surface area contributed by atoms with Gasteiger partial charge in [0.2, 0.25) is 0 Å². The van der Waals surface area contributed by atoms with Gasteiger partial charge in [-0.05, 0) is 12.1 Å². The molecule has 0 aliphatic carbocycles. The van der Waals surface area contributed by atoms with Crippen molar-refractivity contribution in [2.45, 2.75) is 12.6 Å². The first-order valence-corrected chi connectivity index (χ1v) is 6.67. The van der Waals surface area contributed by atoms with Crippen molar-refractivity contribution >= 4 is 17.3 Å². The number of benzene rings is 2. The first-order chi connectivity index (χ1) is 11.2. The Balaban J connectivity index is 2.32. The quantitative estimate of drug-likeness (QED) is 0.357. The minimum atomic E-state index is -4.77. The summed E-state index contributed by atoms with van der Waals surface area (Å²) < 4.78 is 37.9. The van der Waals surface area contributed by atoms with Gasteiger partial charge in [0.05, 0.1) is 22.5 Å². The summed E-state index contributed by atoms with van der Waals surface area (Å²) in [5.74, 6) is -1.49. The molecule has 0 unspecified atom stereocenters. The number of hydrogen-bond donors (Lipinski definition) is 0. The molecule has 0 aliphatic rings. The van der Waals surface area contributed by atoms with Crippen molar-refractivity contribution in [3.8, 4) is 0 Å². The Hall–Kier alpha value is -3.03. The number of nitrogens with zero attached hydrogens (tertiary/aromatic N) is 1. The van der Waals surface area contributed by atoms with Crippen LogP contribution in [0.15, 0.2) is 48.5 Å². The van der Waals surface area contributed by atoms with Crippen molar-refractivity contribution in [1.82, 2.24) is 0 Å². The number of hydrogen-bond acceptors (Lipinski definition) is 4. The molecule has 5 nitrogen and oxygen atoms in total. The topological polar surface area (TPSA) is 77.3 Å². The molecule has 0 aromatic heterocycles. The normalized spacial score (nSPS) is 11.1. The number of alkyl halides is 3. The molecule has 124 valence electrons. The summed E-state index contributed by atoms with van der Waals surface area (Å²) in [7, 11) is 0. The van der Waals surface area contributed by atoms with Gasteiger partial charge >= 0.3 is 6.18 Å². The Kier molecular flexibility index (Phi) is 4.77. The summed E-state index contributed by atoms with van der Waals surface area (Å²) >= 11 is 0. The largest absolute Gasteiger partial charge is 0.416 e. The number of nitro groups is 1. The fraction of sp³-hybridized carbons (Fsp3) is 0.125. The lowest BCUT2D eigenvalue weighted by Crippen LogP contribution is -2.12. The predicted octanol–water partition coefficient (Wildman–Crippen LogP) is 4.07. The molecule has 2 aromatic carbocycles. The molecule has 0 bridgehead atoms. The van der Waals surface area contributed by atoms with Gasteiger partial charge in [0.1, 0.15) is 0 Å². The zero-order chi connectivity index (χ0) is 17.9. The second-order valence-electron chi connectivity index (χ2n) is 4.88. The minimum Gasteiger partial charge on any atom is -0.294 e. The van der Waals surface area contributed by atoms with Crippen molar-refractivity contribution in [2.24, 2.45) is 0 Å². The van der Waals surface area contributed by atoms with Gasteiger partial charge in [-0.2, -0.15) is 13.2 Å². The fourth-order valence-corrected chi connectivity index (χ4v) is 2.06. The van der Waals surface area contributed by atoms with Crippen molar-refractivity contribution in [3.05, 3.63) is 75.3 Å². The highest BCUT2D eigenvalue weighted by Gasteiger charge is 2.34. The van der Waals surface area contributed by atoms with E-state index >= 15 is 0 Å². The summed E-state index contributed by atoms with van der Waals surface area (Å²) in [6, 6.07) is 9.36. The monoisotopic (exact) mass is 337 g/mol. The van der Waals surface area contributed by atoms with Crippen molar-refractivity contribution in [2.75, 3.05) is 0 Å². The van der Waals surface area contributed by atoms with E-state index in [0.717, 1.165) is 6.07 Å². The third-order valence-electron chi connectivity index (χ3n) is 3.24. The highest BCUT2D eigenvalue weighted by Crippen LogP contribution is 2.33. The molecule has 0 heterocycles. The highest BCUT2D eigenvalue weighted by molar-refractivity contribution is 6.14. The molecule has 0 saturated carbocycles. The number of ketones is 2. The van der Waals surface area contributed by atoms with E-state index in [9.17, 15) is 32.9 Å². The fourth-order valence-electron chi connectivity index (χ4n) is 2.06. The van der Waals surface area contributed by atoms with Crippen LogP contribution < -0.4 is 0 Å². The Bertz CT molecular complexity index is 801. The van der Waals surface area contributed by atoms with Gasteiger partial charge in [0.15, 0.2) is 11.6 Å². The van der Waals surface area contributed by atoms with Gasteiger partial charge < -0.3 is 0 Å². The highest BCUT2D eigenvalue weighted by atomic mass is 19.4. The first kappa shape index (κ1) is 17.3. The maximum Gasteiger partial charge on any atom is 0.416 e. The third kappa shape index (κ3) is 3.83. The van der Waals surface area contributed by atoms with Gasteiger partial charge in [0, 0.05) is 11.6 Å². The summed E-state index contributed by atoms with van der Waals surface area (Å²) in [5, 5.41) is 11.0. The van der Waals surface area contributed by atoms with Gasteiger partial charge in [0.25, 0.3) is 5.69 Å². The summed E-state index contributed by atoms with van der Waals surface area (Å²) in [4.78, 5) is 34.0. The molecule has 2 rings (SSSR count). The average molecular weight is 337 g/mol. The second-order valence-corrected chi connectivity index (χ2v) is 4.88. The van der Waals surface area contributed by atoms with E-state index in [1.165, 1.54) is 12.1 Å². The van der Waals surface area contributed by atoms with Crippen LogP contribution in [-0.2, 0) is 6.18 Å². The number of halogens is 3. The van der Waals surface area contributed by atoms with Gasteiger partial charge in [-0.15, -0.1) is 0 Å². The van der Waals surface area contributed by atoms with Crippen LogP contribution in [0.5, 0.6) is 0 Å². The van der Waals surface area contributed by atoms with E-state index in [2.05, 4.69) is 0 Å². The van der Waals surface area contributed by atoms with E-state index in [0.29, 0.717) is 12.1 Å². The van der Waals surface area contributed by atoms with Crippen LogP contribution in [0.4, 0.5) is 18.9 Å². The predicted molar refractivity (Wildman–Crippen MR) is 77.8 cm³/mol. The Morgan fingerprint density at radius 1 is 1.00 bits per heavy atom. The van der Waals surface area contributed by atoms with Crippen molar-refractivity contribution < 1.29 is 27.7 Å². The number of Topliss-reactive ketones (excluding diaryl/α,β-unsaturated/α-hetero) is 2. The maximum atomic E-state index is 12.6. The van der Waals surface area contributed by atoms with Crippen LogP contribution >= 0.6 is 0 Å². The van der Waals surface area contributed by atoms with Gasteiger partial charge in [-0.3, -0.25) is 19.7 Å². The molecule has 0 radical (unpaired) electrons. The number of rotatable bonds is 5. The third-order valence-corrected chi connectivity index (χ3v) is 3.24. The molecule has 0 aliphatic heterocycles. The summed E-state index contributed by atoms with van der Waals surface area (Å²) in [6.07, 6.45) is -5.44. The Morgan fingerprint density at radius 3 is 2.17 bits per heavy atom. The molecule has 24 heavy (non-hydrogen) atoms. The molecule has 0 N–H and O–H groups in total. The minimum absolute atomic E-state index is 0.236. The number of nitro benzene ring substituents is 1. The van der Waals surface area contributed by atoms with Crippen LogP contribution in [0.3, 0.4) is 0 Å². The van der Waals surface area contributed by atoms with Crippen molar-refractivity contribution in [3.63, 3.8) is 0 Å². The molecule has 0 spiro atoms. The molecule has 0 amide bonds. The average Bonchev–Trinajstić information content (AvgIpc) is 2.54. The van der Waals surface area contributed by atoms with E-state index in [1.807, 2.05) is 0 Å².